The predicted molar refractivity (Wildman–Crippen MR) is 97.1 cm³/mol. The fourth-order valence-electron chi connectivity index (χ4n) is 2.58. The number of nitrogens with zero attached hydrogens (tertiary/aromatic N) is 3. The Kier molecular flexibility index (Phi) is 3.99. The lowest BCUT2D eigenvalue weighted by Crippen LogP contribution is -2.19. The summed E-state index contributed by atoms with van der Waals surface area (Å²) in [5.41, 5.74) is 6.77. The highest BCUT2D eigenvalue weighted by molar-refractivity contribution is 6.31. The number of rotatable bonds is 2. The summed E-state index contributed by atoms with van der Waals surface area (Å²) in [7, 11) is 0. The van der Waals surface area contributed by atoms with Gasteiger partial charge in [-0.25, -0.2) is 9.38 Å². The number of amidine groups is 1. The third kappa shape index (κ3) is 3.14. The summed E-state index contributed by atoms with van der Waals surface area (Å²) < 4.78 is 13.3. The highest BCUT2D eigenvalue weighted by Gasteiger charge is 2.17. The first-order chi connectivity index (χ1) is 12.2. The summed E-state index contributed by atoms with van der Waals surface area (Å²) in [6.07, 6.45) is 3.38. The lowest BCUT2D eigenvalue weighted by molar-refractivity contribution is 0.628. The molecule has 0 fully saturated rings. The average molecular weight is 351 g/mol. The van der Waals surface area contributed by atoms with Gasteiger partial charge in [0.2, 0.25) is 0 Å². The molecule has 25 heavy (non-hydrogen) atoms. The van der Waals surface area contributed by atoms with E-state index in [-0.39, 0.29) is 5.82 Å². The molecule has 4 rings (SSSR count). The fourth-order valence-corrected chi connectivity index (χ4v) is 2.75. The Morgan fingerprint density at radius 3 is 2.40 bits per heavy atom. The van der Waals surface area contributed by atoms with E-state index in [1.54, 1.807) is 36.7 Å². The third-order valence-corrected chi connectivity index (χ3v) is 4.03. The van der Waals surface area contributed by atoms with E-state index in [9.17, 15) is 4.39 Å². The molecular weight excluding hydrogens is 339 g/mol. The summed E-state index contributed by atoms with van der Waals surface area (Å²) in [5.74, 6) is 0.300. The largest absolute Gasteiger partial charge is 0.265 e. The molecule has 122 valence electrons. The summed E-state index contributed by atoms with van der Waals surface area (Å²) in [6, 6.07) is 15.3. The normalized spacial score (nSPS) is 13.2. The molecule has 4 nitrogen and oxygen atoms in total. The van der Waals surface area contributed by atoms with Crippen LogP contribution in [0.4, 0.5) is 10.1 Å². The molecule has 6 heteroatoms. The van der Waals surface area contributed by atoms with Crippen molar-refractivity contribution in [3.8, 4) is 0 Å². The zero-order valence-corrected chi connectivity index (χ0v) is 13.7. The molecule has 0 radical (unpaired) electrons. The number of fused-ring (bicyclic) bond motifs is 1. The number of halogens is 2. The molecule has 2 heterocycles. The molecule has 0 saturated heterocycles. The number of aliphatic imine (C=N–C) groups is 1. The van der Waals surface area contributed by atoms with Crippen molar-refractivity contribution in [2.45, 2.75) is 0 Å². The van der Waals surface area contributed by atoms with Gasteiger partial charge >= 0.3 is 0 Å². The minimum atomic E-state index is -0.300. The zero-order chi connectivity index (χ0) is 17.2. The molecule has 1 aromatic heterocycles. The second-order valence-corrected chi connectivity index (χ2v) is 5.87. The maximum atomic E-state index is 13.3. The van der Waals surface area contributed by atoms with Crippen molar-refractivity contribution in [1.82, 2.24) is 10.4 Å². The van der Waals surface area contributed by atoms with Gasteiger partial charge in [-0.15, -0.1) is 0 Å². The zero-order valence-electron chi connectivity index (χ0n) is 12.9. The fraction of sp³-hybridized carbons (Fsp3) is 0. The molecular formula is C19H12ClFN4. The third-order valence-electron chi connectivity index (χ3n) is 3.79. The van der Waals surface area contributed by atoms with Crippen molar-refractivity contribution in [3.05, 3.63) is 94.5 Å². The summed E-state index contributed by atoms with van der Waals surface area (Å²) in [4.78, 5) is 8.69. The monoisotopic (exact) mass is 350 g/mol. The first-order valence-corrected chi connectivity index (χ1v) is 7.97. The van der Waals surface area contributed by atoms with Crippen molar-refractivity contribution < 1.29 is 4.39 Å². The van der Waals surface area contributed by atoms with Crippen molar-refractivity contribution in [2.24, 2.45) is 10.1 Å². The van der Waals surface area contributed by atoms with E-state index < -0.39 is 0 Å². The molecule has 1 aliphatic heterocycles. The Balaban J connectivity index is 1.87. The first kappa shape index (κ1) is 15.5. The number of pyridine rings is 1. The number of benzene rings is 2. The average Bonchev–Trinajstić information content (AvgIpc) is 2.83. The second kappa shape index (κ2) is 6.45. The molecule has 0 unspecified atom stereocenters. The van der Waals surface area contributed by atoms with Gasteiger partial charge in [0.25, 0.3) is 0 Å². The smallest absolute Gasteiger partial charge is 0.154 e. The van der Waals surface area contributed by atoms with Crippen LogP contribution < -0.4 is 5.43 Å². The van der Waals surface area contributed by atoms with E-state index in [1.807, 2.05) is 18.2 Å². The van der Waals surface area contributed by atoms with Crippen LogP contribution in [0.5, 0.6) is 0 Å². The Hall–Kier alpha value is -3.05. The highest BCUT2D eigenvalue weighted by Crippen LogP contribution is 2.28. The first-order valence-electron chi connectivity index (χ1n) is 7.59. The quantitative estimate of drug-likeness (QED) is 0.748. The number of hydrogen-bond donors (Lipinski definition) is 1. The van der Waals surface area contributed by atoms with Crippen LogP contribution in [0.25, 0.3) is 0 Å². The number of hydrogen-bond acceptors (Lipinski definition) is 4. The van der Waals surface area contributed by atoms with E-state index in [0.29, 0.717) is 16.6 Å². The van der Waals surface area contributed by atoms with Gasteiger partial charge in [0, 0.05) is 34.1 Å². The number of nitrogens with one attached hydrogen (secondary N) is 1. The van der Waals surface area contributed by atoms with Crippen LogP contribution in [-0.4, -0.2) is 16.5 Å². The minimum Gasteiger partial charge on any atom is -0.265 e. The van der Waals surface area contributed by atoms with Crippen LogP contribution in [-0.2, 0) is 0 Å². The topological polar surface area (TPSA) is 49.6 Å². The molecule has 0 saturated carbocycles. The molecule has 3 aromatic rings. The van der Waals surface area contributed by atoms with E-state index >= 15 is 0 Å². The summed E-state index contributed by atoms with van der Waals surface area (Å²) >= 11 is 6.17. The van der Waals surface area contributed by atoms with E-state index in [1.165, 1.54) is 12.1 Å². The molecule has 0 amide bonds. The lowest BCUT2D eigenvalue weighted by atomic mass is 10.0. The van der Waals surface area contributed by atoms with Gasteiger partial charge in [-0.1, -0.05) is 11.6 Å². The summed E-state index contributed by atoms with van der Waals surface area (Å²) in [6.45, 7) is 0. The van der Waals surface area contributed by atoms with Crippen LogP contribution in [0.2, 0.25) is 5.02 Å². The van der Waals surface area contributed by atoms with Crippen molar-refractivity contribution in [2.75, 3.05) is 0 Å². The Morgan fingerprint density at radius 1 is 0.880 bits per heavy atom. The van der Waals surface area contributed by atoms with Gasteiger partial charge in [0.15, 0.2) is 5.84 Å². The molecule has 1 N–H and O–H groups in total. The standard InChI is InChI=1S/C19H12ClFN4/c20-14-3-6-17-16(11-14)18(12-1-4-15(21)5-2-12)24-25-19(23-17)13-7-9-22-10-8-13/h1-11H,(H,23,25). The molecule has 0 atom stereocenters. The maximum Gasteiger partial charge on any atom is 0.154 e. The second-order valence-electron chi connectivity index (χ2n) is 5.44. The Bertz CT molecular complexity index is 982. The van der Waals surface area contributed by atoms with Crippen molar-refractivity contribution in [1.29, 1.82) is 0 Å². The van der Waals surface area contributed by atoms with E-state index in [0.717, 1.165) is 22.4 Å². The van der Waals surface area contributed by atoms with Gasteiger partial charge in [-0.2, -0.15) is 5.10 Å². The SMILES string of the molecule is Fc1ccc(C2=NNC(c3ccncc3)=Nc3ccc(Cl)cc32)cc1. The molecule has 0 bridgehead atoms. The van der Waals surface area contributed by atoms with E-state index in [2.05, 4.69) is 20.5 Å². The van der Waals surface area contributed by atoms with Crippen LogP contribution in [0, 0.1) is 5.82 Å². The van der Waals surface area contributed by atoms with Crippen molar-refractivity contribution >= 4 is 28.8 Å². The van der Waals surface area contributed by atoms with Gasteiger partial charge in [-0.05, 0) is 54.6 Å². The Labute approximate surface area is 148 Å². The van der Waals surface area contributed by atoms with Gasteiger partial charge in [0.05, 0.1) is 5.69 Å². The Morgan fingerprint density at radius 2 is 1.64 bits per heavy atom. The molecule has 0 aliphatic carbocycles. The highest BCUT2D eigenvalue weighted by atomic mass is 35.5. The van der Waals surface area contributed by atoms with Crippen LogP contribution in [0.15, 0.2) is 77.1 Å². The minimum absolute atomic E-state index is 0.300. The molecule has 0 spiro atoms. The van der Waals surface area contributed by atoms with Crippen LogP contribution in [0.1, 0.15) is 16.7 Å². The number of aromatic nitrogens is 1. The predicted octanol–water partition coefficient (Wildman–Crippen LogP) is 4.31. The molecule has 1 aliphatic rings. The van der Waals surface area contributed by atoms with Crippen molar-refractivity contribution in [3.63, 3.8) is 0 Å². The van der Waals surface area contributed by atoms with E-state index in [4.69, 9.17) is 11.6 Å². The van der Waals surface area contributed by atoms with Crippen LogP contribution >= 0.6 is 11.6 Å². The molecule has 2 aromatic carbocycles. The summed E-state index contributed by atoms with van der Waals surface area (Å²) in [5, 5.41) is 5.08. The van der Waals surface area contributed by atoms with Crippen LogP contribution in [0.3, 0.4) is 0 Å². The number of hydrazone groups is 1. The van der Waals surface area contributed by atoms with Gasteiger partial charge in [0.1, 0.15) is 11.5 Å². The maximum absolute atomic E-state index is 13.3. The van der Waals surface area contributed by atoms with Gasteiger partial charge in [-0.3, -0.25) is 10.4 Å². The lowest BCUT2D eigenvalue weighted by Gasteiger charge is -2.08. The van der Waals surface area contributed by atoms with Gasteiger partial charge < -0.3 is 0 Å².